The molecular weight excluding hydrogens is 202 g/mol. The summed E-state index contributed by atoms with van der Waals surface area (Å²) in [4.78, 5) is 2.32. The van der Waals surface area contributed by atoms with Crippen molar-refractivity contribution < 1.29 is 0 Å². The molecule has 0 aliphatic heterocycles. The summed E-state index contributed by atoms with van der Waals surface area (Å²) in [6.07, 6.45) is 1.39. The first-order valence-electron chi connectivity index (χ1n) is 4.72. The quantitative estimate of drug-likeness (QED) is 0.769. The fourth-order valence-electron chi connectivity index (χ4n) is 1.31. The molecule has 0 atom stereocenters. The van der Waals surface area contributed by atoms with E-state index < -0.39 is 0 Å². The average Bonchev–Trinajstić information content (AvgIpc) is 2.31. The highest BCUT2D eigenvalue weighted by Gasteiger charge is 2.00. The molecule has 0 fully saturated rings. The summed E-state index contributed by atoms with van der Waals surface area (Å²) >= 11 is 1.69. The van der Waals surface area contributed by atoms with Crippen LogP contribution in [0.3, 0.4) is 0 Å². The second kappa shape index (κ2) is 4.80. The molecule has 74 valence electrons. The van der Waals surface area contributed by atoms with Crippen molar-refractivity contribution in [3.8, 4) is 0 Å². The lowest BCUT2D eigenvalue weighted by atomic mass is 10.2. The van der Waals surface area contributed by atoms with Crippen molar-refractivity contribution in [3.05, 3.63) is 60.2 Å². The number of hydrogen-bond donors (Lipinski definition) is 1. The SMILES string of the molecule is N=Cc1ccccc1Sc1ccccc1. The van der Waals surface area contributed by atoms with E-state index in [9.17, 15) is 0 Å². The Morgan fingerprint density at radius 1 is 0.867 bits per heavy atom. The van der Waals surface area contributed by atoms with Crippen molar-refractivity contribution in [2.24, 2.45) is 0 Å². The van der Waals surface area contributed by atoms with Gasteiger partial charge in [0.1, 0.15) is 0 Å². The normalized spacial score (nSPS) is 9.87. The zero-order valence-corrected chi connectivity index (χ0v) is 9.00. The molecule has 0 unspecified atom stereocenters. The molecule has 0 bridgehead atoms. The highest BCUT2D eigenvalue weighted by molar-refractivity contribution is 7.99. The molecule has 2 rings (SSSR count). The third-order valence-electron chi connectivity index (χ3n) is 2.05. The Labute approximate surface area is 93.7 Å². The lowest BCUT2D eigenvalue weighted by Crippen LogP contribution is -1.83. The van der Waals surface area contributed by atoms with Gasteiger partial charge in [-0.05, 0) is 18.2 Å². The maximum Gasteiger partial charge on any atom is 0.0261 e. The van der Waals surface area contributed by atoms with Crippen LogP contribution in [0.15, 0.2) is 64.4 Å². The minimum absolute atomic E-state index is 0.964. The van der Waals surface area contributed by atoms with Crippen LogP contribution in [0.2, 0.25) is 0 Å². The predicted octanol–water partition coefficient (Wildman–Crippen LogP) is 3.84. The molecule has 0 saturated heterocycles. The monoisotopic (exact) mass is 213 g/mol. The Balaban J connectivity index is 2.28. The van der Waals surface area contributed by atoms with Gasteiger partial charge < -0.3 is 5.41 Å². The van der Waals surface area contributed by atoms with Crippen molar-refractivity contribution in [2.75, 3.05) is 0 Å². The third kappa shape index (κ3) is 2.48. The maximum absolute atomic E-state index is 7.31. The molecule has 0 heterocycles. The molecular formula is C13H11NS. The molecule has 0 spiro atoms. The van der Waals surface area contributed by atoms with E-state index in [0.29, 0.717) is 0 Å². The van der Waals surface area contributed by atoms with E-state index in [1.807, 2.05) is 42.5 Å². The summed E-state index contributed by atoms with van der Waals surface area (Å²) in [7, 11) is 0. The van der Waals surface area contributed by atoms with Crippen LogP contribution in [0.5, 0.6) is 0 Å². The van der Waals surface area contributed by atoms with E-state index in [1.165, 1.54) is 11.1 Å². The molecule has 1 N–H and O–H groups in total. The topological polar surface area (TPSA) is 23.9 Å². The van der Waals surface area contributed by atoms with Gasteiger partial charge in [-0.1, -0.05) is 48.2 Å². The minimum Gasteiger partial charge on any atom is -0.308 e. The van der Waals surface area contributed by atoms with Crippen LogP contribution in [0.1, 0.15) is 5.56 Å². The first kappa shape index (κ1) is 9.99. The van der Waals surface area contributed by atoms with Gasteiger partial charge in [-0.25, -0.2) is 0 Å². The zero-order valence-electron chi connectivity index (χ0n) is 8.18. The van der Waals surface area contributed by atoms with Crippen LogP contribution in [0.4, 0.5) is 0 Å². The van der Waals surface area contributed by atoms with E-state index in [1.54, 1.807) is 11.8 Å². The number of hydrogen-bond acceptors (Lipinski definition) is 2. The van der Waals surface area contributed by atoms with Crippen molar-refractivity contribution in [3.63, 3.8) is 0 Å². The second-order valence-electron chi connectivity index (χ2n) is 3.10. The lowest BCUT2D eigenvalue weighted by molar-refractivity contribution is 1.38. The Kier molecular flexibility index (Phi) is 3.20. The first-order chi connectivity index (χ1) is 7.40. The molecule has 0 aromatic heterocycles. The third-order valence-corrected chi connectivity index (χ3v) is 3.15. The average molecular weight is 213 g/mol. The van der Waals surface area contributed by atoms with E-state index in [2.05, 4.69) is 12.1 Å². The van der Waals surface area contributed by atoms with Gasteiger partial charge in [-0.15, -0.1) is 0 Å². The molecule has 15 heavy (non-hydrogen) atoms. The van der Waals surface area contributed by atoms with Gasteiger partial charge in [-0.2, -0.15) is 0 Å². The van der Waals surface area contributed by atoms with E-state index in [4.69, 9.17) is 5.41 Å². The Hall–Kier alpha value is -1.54. The van der Waals surface area contributed by atoms with Crippen LogP contribution in [0, 0.1) is 5.41 Å². The summed E-state index contributed by atoms with van der Waals surface area (Å²) in [6.45, 7) is 0. The fraction of sp³-hybridized carbons (Fsp3) is 0. The van der Waals surface area contributed by atoms with Crippen molar-refractivity contribution in [1.82, 2.24) is 0 Å². The molecule has 0 saturated carbocycles. The Bertz CT molecular complexity index is 451. The molecule has 0 aliphatic carbocycles. The molecule has 2 heteroatoms. The lowest BCUT2D eigenvalue weighted by Gasteiger charge is -2.04. The van der Waals surface area contributed by atoms with Crippen LogP contribution < -0.4 is 0 Å². The number of rotatable bonds is 3. The molecule has 0 radical (unpaired) electrons. The molecule has 2 aromatic carbocycles. The molecule has 1 nitrogen and oxygen atoms in total. The standard InChI is InChI=1S/C13H11NS/c14-10-11-6-4-5-9-13(11)15-12-7-2-1-3-8-12/h1-10,14H. The summed E-state index contributed by atoms with van der Waals surface area (Å²) in [5, 5.41) is 7.31. The van der Waals surface area contributed by atoms with Crippen LogP contribution in [-0.4, -0.2) is 6.21 Å². The fourth-order valence-corrected chi connectivity index (χ4v) is 2.25. The Morgan fingerprint density at radius 2 is 1.53 bits per heavy atom. The van der Waals surface area contributed by atoms with Crippen molar-refractivity contribution in [2.45, 2.75) is 9.79 Å². The van der Waals surface area contributed by atoms with Gasteiger partial charge in [0.25, 0.3) is 0 Å². The highest BCUT2D eigenvalue weighted by Crippen LogP contribution is 2.29. The highest BCUT2D eigenvalue weighted by atomic mass is 32.2. The summed E-state index contributed by atoms with van der Waals surface area (Å²) < 4.78 is 0. The molecule has 0 aliphatic rings. The van der Waals surface area contributed by atoms with Crippen LogP contribution in [-0.2, 0) is 0 Å². The van der Waals surface area contributed by atoms with Gasteiger partial charge in [0.05, 0.1) is 0 Å². The van der Waals surface area contributed by atoms with Gasteiger partial charge in [0.15, 0.2) is 0 Å². The van der Waals surface area contributed by atoms with Crippen LogP contribution in [0.25, 0.3) is 0 Å². The van der Waals surface area contributed by atoms with E-state index in [0.717, 1.165) is 10.5 Å². The first-order valence-corrected chi connectivity index (χ1v) is 5.54. The molecule has 2 aromatic rings. The van der Waals surface area contributed by atoms with Crippen molar-refractivity contribution in [1.29, 1.82) is 5.41 Å². The van der Waals surface area contributed by atoms with E-state index in [-0.39, 0.29) is 0 Å². The predicted molar refractivity (Wildman–Crippen MR) is 64.9 cm³/mol. The van der Waals surface area contributed by atoms with Crippen molar-refractivity contribution >= 4 is 18.0 Å². The summed E-state index contributed by atoms with van der Waals surface area (Å²) in [5.74, 6) is 0. The second-order valence-corrected chi connectivity index (χ2v) is 4.21. The summed E-state index contributed by atoms with van der Waals surface area (Å²) in [6, 6.07) is 18.2. The van der Waals surface area contributed by atoms with Gasteiger partial charge in [-0.3, -0.25) is 0 Å². The Morgan fingerprint density at radius 3 is 2.27 bits per heavy atom. The molecule has 0 amide bonds. The summed E-state index contributed by atoms with van der Waals surface area (Å²) in [5.41, 5.74) is 0.964. The van der Waals surface area contributed by atoms with E-state index >= 15 is 0 Å². The zero-order chi connectivity index (χ0) is 10.5. The van der Waals surface area contributed by atoms with Gasteiger partial charge >= 0.3 is 0 Å². The van der Waals surface area contributed by atoms with Gasteiger partial charge in [0.2, 0.25) is 0 Å². The van der Waals surface area contributed by atoms with Gasteiger partial charge in [0, 0.05) is 21.6 Å². The number of benzene rings is 2. The minimum atomic E-state index is 0.964. The largest absolute Gasteiger partial charge is 0.308 e. The maximum atomic E-state index is 7.31. The number of nitrogens with one attached hydrogen (secondary N) is 1. The smallest absolute Gasteiger partial charge is 0.0261 e. The van der Waals surface area contributed by atoms with Crippen LogP contribution >= 0.6 is 11.8 Å².